The lowest BCUT2D eigenvalue weighted by Crippen LogP contribution is -2.27. The Bertz CT molecular complexity index is 976. The maximum Gasteiger partial charge on any atom is 0.351 e. The van der Waals surface area contributed by atoms with E-state index in [4.69, 9.17) is 14.2 Å². The molecule has 0 amide bonds. The fourth-order valence-corrected chi connectivity index (χ4v) is 5.83. The van der Waals surface area contributed by atoms with Crippen LogP contribution in [-0.4, -0.2) is 37.8 Å². The van der Waals surface area contributed by atoms with Gasteiger partial charge in [0, 0.05) is 12.2 Å². The molecular formula is C25H32BrNO5S. The van der Waals surface area contributed by atoms with Gasteiger partial charge in [-0.05, 0) is 73.2 Å². The predicted octanol–water partition coefficient (Wildman–Crippen LogP) is 6.68. The molecule has 1 aliphatic carbocycles. The lowest BCUT2D eigenvalue weighted by molar-refractivity contribution is -0.157. The molecule has 2 aromatic rings. The Balaban J connectivity index is 1.79. The molecule has 0 unspecified atom stereocenters. The highest BCUT2D eigenvalue weighted by Crippen LogP contribution is 2.46. The second-order valence-electron chi connectivity index (χ2n) is 9.24. The Hall–Kier alpha value is -2.06. The summed E-state index contributed by atoms with van der Waals surface area (Å²) < 4.78 is 16.6. The first kappa shape index (κ1) is 25.6. The molecule has 0 aliphatic heterocycles. The normalized spacial score (nSPS) is 14.6. The highest BCUT2D eigenvalue weighted by Gasteiger charge is 2.26. The van der Waals surface area contributed by atoms with Crippen molar-refractivity contribution in [2.45, 2.75) is 58.5 Å². The summed E-state index contributed by atoms with van der Waals surface area (Å²) >= 11 is 4.84. The summed E-state index contributed by atoms with van der Waals surface area (Å²) in [6.07, 6.45) is 6.54. The predicted molar refractivity (Wildman–Crippen MR) is 135 cm³/mol. The number of ether oxygens (including phenoxy) is 3. The molecule has 1 aliphatic rings. The lowest BCUT2D eigenvalue weighted by atomic mass is 9.89. The number of hydrogen-bond acceptors (Lipinski definition) is 7. The summed E-state index contributed by atoms with van der Waals surface area (Å²) in [6.45, 7) is 6.03. The van der Waals surface area contributed by atoms with Crippen LogP contribution >= 0.6 is 27.3 Å². The molecule has 1 heterocycles. The van der Waals surface area contributed by atoms with Crippen LogP contribution in [0.1, 0.15) is 62.5 Å². The summed E-state index contributed by atoms with van der Waals surface area (Å²) in [4.78, 5) is 25.7. The van der Waals surface area contributed by atoms with Crippen LogP contribution in [0.15, 0.2) is 28.7 Å². The van der Waals surface area contributed by atoms with Crippen molar-refractivity contribution in [1.82, 2.24) is 0 Å². The van der Waals surface area contributed by atoms with Gasteiger partial charge in [-0.15, -0.1) is 11.3 Å². The summed E-state index contributed by atoms with van der Waals surface area (Å²) in [6, 6.07) is 8.10. The van der Waals surface area contributed by atoms with E-state index in [1.165, 1.54) is 50.6 Å². The van der Waals surface area contributed by atoms with Gasteiger partial charge >= 0.3 is 11.9 Å². The second kappa shape index (κ2) is 11.4. The van der Waals surface area contributed by atoms with Crippen molar-refractivity contribution in [3.05, 3.63) is 33.6 Å². The topological polar surface area (TPSA) is 73.9 Å². The monoisotopic (exact) mass is 537 g/mol. The standard InChI is InChI=1S/C25H32BrNO5S/c1-25(2,3)32-19(28)15-31-21-20(26)22(33-23(21)24(29)30-4)17-11-8-12-18(13-17)27-14-16-9-6-5-7-10-16/h8,11-13,16,27H,5-7,9-10,14-15H2,1-4H3. The van der Waals surface area contributed by atoms with E-state index in [1.54, 1.807) is 20.8 Å². The summed E-state index contributed by atoms with van der Waals surface area (Å²) in [5.74, 6) is -0.0208. The van der Waals surface area contributed by atoms with Crippen molar-refractivity contribution in [2.75, 3.05) is 25.6 Å². The number of nitrogens with one attached hydrogen (secondary N) is 1. The lowest BCUT2D eigenvalue weighted by Gasteiger charge is -2.22. The zero-order valence-corrected chi connectivity index (χ0v) is 22.1. The third kappa shape index (κ3) is 7.21. The average Bonchev–Trinajstić information content (AvgIpc) is 3.11. The number of benzene rings is 1. The first-order valence-corrected chi connectivity index (χ1v) is 12.9. The smallest absolute Gasteiger partial charge is 0.351 e. The van der Waals surface area contributed by atoms with E-state index in [0.717, 1.165) is 28.6 Å². The number of rotatable bonds is 8. The minimum atomic E-state index is -0.617. The maximum atomic E-state index is 12.4. The molecule has 1 aromatic heterocycles. The molecule has 1 saturated carbocycles. The van der Waals surface area contributed by atoms with Crippen LogP contribution in [0.5, 0.6) is 5.75 Å². The number of carbonyl (C=O) groups excluding carboxylic acids is 2. The number of halogens is 1. The molecule has 1 fully saturated rings. The zero-order valence-electron chi connectivity index (χ0n) is 19.7. The van der Waals surface area contributed by atoms with Gasteiger partial charge in [0.2, 0.25) is 0 Å². The van der Waals surface area contributed by atoms with Crippen molar-refractivity contribution in [1.29, 1.82) is 0 Å². The van der Waals surface area contributed by atoms with Crippen LogP contribution in [0.4, 0.5) is 5.69 Å². The van der Waals surface area contributed by atoms with E-state index in [9.17, 15) is 9.59 Å². The molecule has 1 aromatic carbocycles. The van der Waals surface area contributed by atoms with E-state index in [2.05, 4.69) is 33.4 Å². The highest BCUT2D eigenvalue weighted by molar-refractivity contribution is 9.10. The SMILES string of the molecule is COC(=O)c1sc(-c2cccc(NCC3CCCCC3)c2)c(Br)c1OCC(=O)OC(C)(C)C. The first-order chi connectivity index (χ1) is 15.7. The minimum absolute atomic E-state index is 0.285. The second-order valence-corrected chi connectivity index (χ2v) is 11.0. The minimum Gasteiger partial charge on any atom is -0.479 e. The van der Waals surface area contributed by atoms with Crippen LogP contribution in [0, 0.1) is 5.92 Å². The van der Waals surface area contributed by atoms with Gasteiger partial charge in [-0.1, -0.05) is 31.4 Å². The van der Waals surface area contributed by atoms with Crippen LogP contribution in [0.2, 0.25) is 0 Å². The van der Waals surface area contributed by atoms with Crippen molar-refractivity contribution in [3.8, 4) is 16.2 Å². The number of methoxy groups -OCH3 is 1. The first-order valence-electron chi connectivity index (χ1n) is 11.3. The Morgan fingerprint density at radius 2 is 1.91 bits per heavy atom. The molecule has 8 heteroatoms. The third-order valence-corrected chi connectivity index (χ3v) is 7.60. The number of esters is 2. The summed E-state index contributed by atoms with van der Waals surface area (Å²) in [5.41, 5.74) is 1.36. The van der Waals surface area contributed by atoms with Gasteiger partial charge < -0.3 is 19.5 Å². The average molecular weight is 539 g/mol. The van der Waals surface area contributed by atoms with Crippen LogP contribution < -0.4 is 10.1 Å². The van der Waals surface area contributed by atoms with E-state index >= 15 is 0 Å². The fourth-order valence-electron chi connectivity index (χ4n) is 3.86. The summed E-state index contributed by atoms with van der Waals surface area (Å²) in [5, 5.41) is 3.57. The van der Waals surface area contributed by atoms with Crippen LogP contribution in [-0.2, 0) is 14.3 Å². The Morgan fingerprint density at radius 3 is 2.58 bits per heavy atom. The number of carbonyl (C=O) groups is 2. The van der Waals surface area contributed by atoms with Gasteiger partial charge in [0.15, 0.2) is 17.2 Å². The Labute approximate surface area is 208 Å². The van der Waals surface area contributed by atoms with Crippen LogP contribution in [0.3, 0.4) is 0 Å². The van der Waals surface area contributed by atoms with E-state index < -0.39 is 17.5 Å². The van der Waals surface area contributed by atoms with Crippen molar-refractivity contribution >= 4 is 44.9 Å². The summed E-state index contributed by atoms with van der Waals surface area (Å²) in [7, 11) is 1.32. The molecule has 33 heavy (non-hydrogen) atoms. The molecule has 0 saturated heterocycles. The molecule has 0 spiro atoms. The Morgan fingerprint density at radius 1 is 1.18 bits per heavy atom. The number of hydrogen-bond donors (Lipinski definition) is 1. The van der Waals surface area contributed by atoms with Crippen molar-refractivity contribution in [2.24, 2.45) is 5.92 Å². The van der Waals surface area contributed by atoms with E-state index in [1.807, 2.05) is 12.1 Å². The number of thiophene rings is 1. The highest BCUT2D eigenvalue weighted by atomic mass is 79.9. The molecule has 6 nitrogen and oxygen atoms in total. The van der Waals surface area contributed by atoms with Gasteiger partial charge in [0.25, 0.3) is 0 Å². The van der Waals surface area contributed by atoms with Crippen molar-refractivity contribution < 1.29 is 23.8 Å². The molecule has 3 rings (SSSR count). The van der Waals surface area contributed by atoms with Gasteiger partial charge in [0.1, 0.15) is 5.60 Å². The van der Waals surface area contributed by atoms with Gasteiger partial charge in [-0.25, -0.2) is 9.59 Å². The molecule has 180 valence electrons. The zero-order chi connectivity index (χ0) is 24.0. The molecule has 1 N–H and O–H groups in total. The van der Waals surface area contributed by atoms with E-state index in [-0.39, 0.29) is 12.4 Å². The molecule has 0 radical (unpaired) electrons. The largest absolute Gasteiger partial charge is 0.479 e. The number of anilines is 1. The van der Waals surface area contributed by atoms with Crippen molar-refractivity contribution in [3.63, 3.8) is 0 Å². The maximum absolute atomic E-state index is 12.4. The molecular weight excluding hydrogens is 506 g/mol. The van der Waals surface area contributed by atoms with Crippen LogP contribution in [0.25, 0.3) is 10.4 Å². The molecule has 0 atom stereocenters. The fraction of sp³-hybridized carbons (Fsp3) is 0.520. The van der Waals surface area contributed by atoms with E-state index in [0.29, 0.717) is 9.35 Å². The Kier molecular flexibility index (Phi) is 8.82. The quantitative estimate of drug-likeness (QED) is 0.378. The van der Waals surface area contributed by atoms with Gasteiger partial charge in [-0.3, -0.25) is 0 Å². The van der Waals surface area contributed by atoms with Gasteiger partial charge in [0.05, 0.1) is 16.5 Å². The molecule has 0 bridgehead atoms. The third-order valence-electron chi connectivity index (χ3n) is 5.38. The van der Waals surface area contributed by atoms with Gasteiger partial charge in [-0.2, -0.15) is 0 Å².